The molecule has 1 N–H and O–H groups in total. The second-order valence-corrected chi connectivity index (χ2v) is 6.80. The Morgan fingerprint density at radius 1 is 1.23 bits per heavy atom. The maximum Gasteiger partial charge on any atom is 0.228 e. The average molecular weight is 350 g/mol. The minimum atomic E-state index is -0.0791. The minimum absolute atomic E-state index is 0.0791. The van der Waals surface area contributed by atoms with E-state index < -0.39 is 0 Å². The van der Waals surface area contributed by atoms with Crippen LogP contribution in [0.15, 0.2) is 35.0 Å². The van der Waals surface area contributed by atoms with Crippen molar-refractivity contribution < 1.29 is 9.32 Å². The zero-order chi connectivity index (χ0) is 18.1. The lowest BCUT2D eigenvalue weighted by molar-refractivity contribution is -0.115. The van der Waals surface area contributed by atoms with Crippen LogP contribution in [0.1, 0.15) is 35.7 Å². The highest BCUT2D eigenvalue weighted by Crippen LogP contribution is 2.24. The van der Waals surface area contributed by atoms with E-state index in [1.165, 1.54) is 18.7 Å². The molecule has 3 aromatic rings. The zero-order valence-corrected chi connectivity index (χ0v) is 15.1. The standard InChI is InChI=1S/C20H22N4O2/c1-13-17(14(2)26-23-13)11-20(25)21-16-8-6-15(7-9-16)18-12-24-10-4-3-5-19(24)22-18/h6-9,12H,3-5,10-11H2,1-2H3,(H,21,25). The number of hydrogen-bond acceptors (Lipinski definition) is 4. The summed E-state index contributed by atoms with van der Waals surface area (Å²) in [6, 6.07) is 7.83. The first kappa shape index (κ1) is 16.6. The third-order valence-corrected chi connectivity index (χ3v) is 4.89. The molecule has 4 rings (SSSR count). The van der Waals surface area contributed by atoms with Gasteiger partial charge < -0.3 is 14.4 Å². The Morgan fingerprint density at radius 2 is 2.04 bits per heavy atom. The number of fused-ring (bicyclic) bond motifs is 1. The molecule has 1 aromatic carbocycles. The van der Waals surface area contributed by atoms with Crippen molar-refractivity contribution in [1.29, 1.82) is 0 Å². The van der Waals surface area contributed by atoms with Crippen molar-refractivity contribution in [3.8, 4) is 11.3 Å². The molecule has 6 heteroatoms. The van der Waals surface area contributed by atoms with E-state index >= 15 is 0 Å². The normalized spacial score (nSPS) is 13.5. The van der Waals surface area contributed by atoms with Gasteiger partial charge in [-0.15, -0.1) is 0 Å². The van der Waals surface area contributed by atoms with E-state index in [0.717, 1.165) is 41.2 Å². The summed E-state index contributed by atoms with van der Waals surface area (Å²) in [6.45, 7) is 4.72. The summed E-state index contributed by atoms with van der Waals surface area (Å²) in [5.74, 6) is 1.78. The molecule has 0 atom stereocenters. The molecule has 0 radical (unpaired) electrons. The second-order valence-electron chi connectivity index (χ2n) is 6.80. The Kier molecular flexibility index (Phi) is 4.32. The lowest BCUT2D eigenvalue weighted by Crippen LogP contribution is -2.15. The first-order valence-corrected chi connectivity index (χ1v) is 8.98. The Hall–Kier alpha value is -2.89. The summed E-state index contributed by atoms with van der Waals surface area (Å²) in [7, 11) is 0. The van der Waals surface area contributed by atoms with Crippen molar-refractivity contribution in [3.63, 3.8) is 0 Å². The van der Waals surface area contributed by atoms with E-state index in [0.29, 0.717) is 5.76 Å². The van der Waals surface area contributed by atoms with Gasteiger partial charge in [0, 0.05) is 36.0 Å². The van der Waals surface area contributed by atoms with Gasteiger partial charge in [-0.05, 0) is 38.8 Å². The van der Waals surface area contributed by atoms with Gasteiger partial charge in [0.2, 0.25) is 5.91 Å². The van der Waals surface area contributed by atoms with Crippen LogP contribution in [-0.2, 0) is 24.2 Å². The van der Waals surface area contributed by atoms with Crippen molar-refractivity contribution in [2.24, 2.45) is 0 Å². The van der Waals surface area contributed by atoms with Gasteiger partial charge in [0.1, 0.15) is 11.6 Å². The fourth-order valence-electron chi connectivity index (χ4n) is 3.40. The Balaban J connectivity index is 1.44. The predicted octanol–water partition coefficient (Wildman–Crippen LogP) is 3.67. The number of anilines is 1. The number of nitrogens with zero attached hydrogens (tertiary/aromatic N) is 3. The second kappa shape index (κ2) is 6.78. The summed E-state index contributed by atoms with van der Waals surface area (Å²) in [6.07, 6.45) is 5.87. The average Bonchev–Trinajstić information content (AvgIpc) is 3.21. The van der Waals surface area contributed by atoms with Crippen LogP contribution in [0, 0.1) is 13.8 Å². The van der Waals surface area contributed by atoms with E-state index in [-0.39, 0.29) is 12.3 Å². The van der Waals surface area contributed by atoms with Gasteiger partial charge in [-0.3, -0.25) is 4.79 Å². The molecule has 0 saturated carbocycles. The maximum absolute atomic E-state index is 12.3. The number of amides is 1. The molecule has 0 bridgehead atoms. The van der Waals surface area contributed by atoms with E-state index in [1.807, 2.05) is 38.1 Å². The van der Waals surface area contributed by atoms with Crippen molar-refractivity contribution in [1.82, 2.24) is 14.7 Å². The minimum Gasteiger partial charge on any atom is -0.361 e. The summed E-state index contributed by atoms with van der Waals surface area (Å²) in [4.78, 5) is 17.0. The van der Waals surface area contributed by atoms with Crippen LogP contribution in [0.4, 0.5) is 5.69 Å². The topological polar surface area (TPSA) is 73.0 Å². The number of benzene rings is 1. The Labute approximate surface area is 152 Å². The van der Waals surface area contributed by atoms with Crippen LogP contribution in [0.5, 0.6) is 0 Å². The van der Waals surface area contributed by atoms with Crippen LogP contribution in [0.2, 0.25) is 0 Å². The number of rotatable bonds is 4. The fraction of sp³-hybridized carbons (Fsp3) is 0.350. The first-order chi connectivity index (χ1) is 12.6. The van der Waals surface area contributed by atoms with Crippen LogP contribution < -0.4 is 5.32 Å². The molecule has 6 nitrogen and oxygen atoms in total. The number of nitrogens with one attached hydrogen (secondary N) is 1. The molecule has 0 spiro atoms. The summed E-state index contributed by atoms with van der Waals surface area (Å²) in [5.41, 5.74) is 4.44. The first-order valence-electron chi connectivity index (χ1n) is 8.98. The van der Waals surface area contributed by atoms with Gasteiger partial charge in [0.25, 0.3) is 0 Å². The zero-order valence-electron chi connectivity index (χ0n) is 15.1. The number of hydrogen-bond donors (Lipinski definition) is 1. The number of carbonyl (C=O) groups is 1. The summed E-state index contributed by atoms with van der Waals surface area (Å²) >= 11 is 0. The van der Waals surface area contributed by atoms with E-state index in [2.05, 4.69) is 21.2 Å². The highest BCUT2D eigenvalue weighted by molar-refractivity contribution is 5.92. The number of aromatic nitrogens is 3. The Bertz CT molecular complexity index is 894. The largest absolute Gasteiger partial charge is 0.361 e. The SMILES string of the molecule is Cc1noc(C)c1CC(=O)Nc1ccc(-c2cn3c(n2)CCCC3)cc1. The van der Waals surface area contributed by atoms with Crippen molar-refractivity contribution in [3.05, 3.63) is 53.3 Å². The number of imidazole rings is 1. The molecule has 26 heavy (non-hydrogen) atoms. The van der Waals surface area contributed by atoms with Crippen LogP contribution >= 0.6 is 0 Å². The molecule has 134 valence electrons. The highest BCUT2D eigenvalue weighted by Gasteiger charge is 2.15. The van der Waals surface area contributed by atoms with E-state index in [1.54, 1.807) is 0 Å². The molecule has 0 saturated heterocycles. The van der Waals surface area contributed by atoms with Gasteiger partial charge in [-0.1, -0.05) is 17.3 Å². The summed E-state index contributed by atoms with van der Waals surface area (Å²) < 4.78 is 7.35. The van der Waals surface area contributed by atoms with Crippen LogP contribution in [-0.4, -0.2) is 20.6 Å². The van der Waals surface area contributed by atoms with Gasteiger partial charge in [-0.25, -0.2) is 4.98 Å². The molecule has 1 aliphatic heterocycles. The van der Waals surface area contributed by atoms with Crippen LogP contribution in [0.3, 0.4) is 0 Å². The summed E-state index contributed by atoms with van der Waals surface area (Å²) in [5, 5.41) is 6.81. The van der Waals surface area contributed by atoms with Crippen molar-refractivity contribution in [2.45, 2.75) is 46.1 Å². The van der Waals surface area contributed by atoms with E-state index in [9.17, 15) is 4.79 Å². The lowest BCUT2D eigenvalue weighted by atomic mass is 10.1. The molecule has 0 fully saturated rings. The van der Waals surface area contributed by atoms with Gasteiger partial charge in [-0.2, -0.15) is 0 Å². The van der Waals surface area contributed by atoms with Gasteiger partial charge in [0.15, 0.2) is 0 Å². The number of carbonyl (C=O) groups excluding carboxylic acids is 1. The monoisotopic (exact) mass is 350 g/mol. The smallest absolute Gasteiger partial charge is 0.228 e. The third kappa shape index (κ3) is 3.27. The highest BCUT2D eigenvalue weighted by atomic mass is 16.5. The molecule has 2 aromatic heterocycles. The predicted molar refractivity (Wildman–Crippen MR) is 98.9 cm³/mol. The lowest BCUT2D eigenvalue weighted by Gasteiger charge is -2.11. The van der Waals surface area contributed by atoms with E-state index in [4.69, 9.17) is 9.51 Å². The molecule has 3 heterocycles. The maximum atomic E-state index is 12.3. The van der Waals surface area contributed by atoms with Crippen molar-refractivity contribution in [2.75, 3.05) is 5.32 Å². The van der Waals surface area contributed by atoms with Crippen LogP contribution in [0.25, 0.3) is 11.3 Å². The van der Waals surface area contributed by atoms with Crippen molar-refractivity contribution >= 4 is 11.6 Å². The molecule has 0 aliphatic carbocycles. The van der Waals surface area contributed by atoms with Gasteiger partial charge in [0.05, 0.1) is 17.8 Å². The quantitative estimate of drug-likeness (QED) is 0.779. The van der Waals surface area contributed by atoms with Gasteiger partial charge >= 0.3 is 0 Å². The molecule has 1 amide bonds. The third-order valence-electron chi connectivity index (χ3n) is 4.89. The Morgan fingerprint density at radius 3 is 2.73 bits per heavy atom. The molecule has 0 unspecified atom stereocenters. The molecular weight excluding hydrogens is 328 g/mol. The fourth-order valence-corrected chi connectivity index (χ4v) is 3.40. The molecule has 1 aliphatic rings. The number of aryl methyl sites for hydroxylation is 4. The molecular formula is C20H22N4O2.